The lowest BCUT2D eigenvalue weighted by atomic mass is 9.99. The molecular formula is C16H17FO4. The van der Waals surface area contributed by atoms with Gasteiger partial charge in [-0.05, 0) is 24.3 Å². The third-order valence-corrected chi connectivity index (χ3v) is 3.24. The van der Waals surface area contributed by atoms with Crippen LogP contribution in [0.4, 0.5) is 4.39 Å². The molecule has 0 bridgehead atoms. The Labute approximate surface area is 122 Å². The predicted molar refractivity (Wildman–Crippen MR) is 76.6 cm³/mol. The molecule has 4 nitrogen and oxygen atoms in total. The minimum atomic E-state index is -1.21. The number of methoxy groups -OCH3 is 3. The van der Waals surface area contributed by atoms with E-state index in [4.69, 9.17) is 14.2 Å². The van der Waals surface area contributed by atoms with Crippen molar-refractivity contribution >= 4 is 0 Å². The minimum Gasteiger partial charge on any atom is -0.497 e. The van der Waals surface area contributed by atoms with E-state index >= 15 is 0 Å². The molecule has 5 heteroatoms. The molecule has 0 amide bonds. The Morgan fingerprint density at radius 3 is 2.29 bits per heavy atom. The third-order valence-electron chi connectivity index (χ3n) is 3.24. The normalized spacial score (nSPS) is 11.9. The average Bonchev–Trinajstić information content (AvgIpc) is 2.53. The minimum absolute atomic E-state index is 0.0727. The van der Waals surface area contributed by atoms with Crippen LogP contribution in [-0.2, 0) is 0 Å². The first-order chi connectivity index (χ1) is 10.1. The average molecular weight is 292 g/mol. The number of aliphatic hydroxyl groups excluding tert-OH is 1. The maximum absolute atomic E-state index is 14.0. The quantitative estimate of drug-likeness (QED) is 0.920. The van der Waals surface area contributed by atoms with Gasteiger partial charge in [0.15, 0.2) is 0 Å². The van der Waals surface area contributed by atoms with Crippen molar-refractivity contribution in [3.63, 3.8) is 0 Å². The van der Waals surface area contributed by atoms with Crippen LogP contribution in [0.25, 0.3) is 0 Å². The molecule has 2 aromatic rings. The van der Waals surface area contributed by atoms with E-state index in [-0.39, 0.29) is 11.3 Å². The van der Waals surface area contributed by atoms with Gasteiger partial charge >= 0.3 is 0 Å². The first-order valence-electron chi connectivity index (χ1n) is 6.34. The molecule has 0 saturated carbocycles. The van der Waals surface area contributed by atoms with Crippen molar-refractivity contribution in [3.8, 4) is 17.2 Å². The van der Waals surface area contributed by atoms with Crippen LogP contribution in [0.1, 0.15) is 17.2 Å². The summed E-state index contributed by atoms with van der Waals surface area (Å²) in [6.07, 6.45) is -1.21. The van der Waals surface area contributed by atoms with Gasteiger partial charge in [-0.3, -0.25) is 0 Å². The summed E-state index contributed by atoms with van der Waals surface area (Å²) in [6.45, 7) is 0. The van der Waals surface area contributed by atoms with Crippen molar-refractivity contribution in [3.05, 3.63) is 53.3 Å². The second-order valence-electron chi connectivity index (χ2n) is 4.37. The summed E-state index contributed by atoms with van der Waals surface area (Å²) in [5, 5.41) is 10.5. The molecule has 2 rings (SSSR count). The topological polar surface area (TPSA) is 47.9 Å². The number of rotatable bonds is 5. The number of hydrogen-bond donors (Lipinski definition) is 1. The maximum atomic E-state index is 14.0. The Morgan fingerprint density at radius 2 is 1.67 bits per heavy atom. The molecule has 1 unspecified atom stereocenters. The summed E-state index contributed by atoms with van der Waals surface area (Å²) >= 11 is 0. The van der Waals surface area contributed by atoms with Gasteiger partial charge in [0.1, 0.15) is 29.2 Å². The Hall–Kier alpha value is -2.27. The summed E-state index contributed by atoms with van der Waals surface area (Å²) in [5.41, 5.74) is 0.505. The highest BCUT2D eigenvalue weighted by molar-refractivity contribution is 5.48. The van der Waals surface area contributed by atoms with E-state index in [1.165, 1.54) is 33.5 Å². The van der Waals surface area contributed by atoms with Crippen LogP contribution in [-0.4, -0.2) is 26.4 Å². The second kappa shape index (κ2) is 6.45. The van der Waals surface area contributed by atoms with Crippen molar-refractivity contribution in [2.45, 2.75) is 6.10 Å². The molecule has 112 valence electrons. The van der Waals surface area contributed by atoms with Gasteiger partial charge in [-0.15, -0.1) is 0 Å². The zero-order chi connectivity index (χ0) is 15.4. The maximum Gasteiger partial charge on any atom is 0.133 e. The van der Waals surface area contributed by atoms with Crippen molar-refractivity contribution < 1.29 is 23.7 Å². The van der Waals surface area contributed by atoms with Crippen LogP contribution in [0, 0.1) is 5.82 Å². The Kier molecular flexibility index (Phi) is 4.65. The fraction of sp³-hybridized carbons (Fsp3) is 0.250. The van der Waals surface area contributed by atoms with Crippen LogP contribution in [0.5, 0.6) is 17.2 Å². The third kappa shape index (κ3) is 2.92. The molecule has 1 N–H and O–H groups in total. The number of ether oxygens (including phenoxy) is 3. The van der Waals surface area contributed by atoms with Gasteiger partial charge in [0.2, 0.25) is 0 Å². The molecule has 0 radical (unpaired) electrons. The predicted octanol–water partition coefficient (Wildman–Crippen LogP) is 2.93. The molecule has 0 spiro atoms. The lowest BCUT2D eigenvalue weighted by Crippen LogP contribution is -2.07. The molecule has 0 saturated heterocycles. The van der Waals surface area contributed by atoms with Crippen molar-refractivity contribution in [2.75, 3.05) is 21.3 Å². The standard InChI is InChI=1S/C16H17FO4/c1-19-10-7-8-11(14(9-10)21-3)16(18)15-12(17)5-4-6-13(15)20-2/h4-9,16,18H,1-3H3. The van der Waals surface area contributed by atoms with Crippen LogP contribution in [0.2, 0.25) is 0 Å². The van der Waals surface area contributed by atoms with E-state index in [1.807, 2.05) is 0 Å². The summed E-state index contributed by atoms with van der Waals surface area (Å²) in [6, 6.07) is 9.33. The summed E-state index contributed by atoms with van der Waals surface area (Å²) in [7, 11) is 4.44. The fourth-order valence-electron chi connectivity index (χ4n) is 2.16. The molecule has 21 heavy (non-hydrogen) atoms. The van der Waals surface area contributed by atoms with Crippen LogP contribution >= 0.6 is 0 Å². The molecule has 0 aliphatic carbocycles. The highest BCUT2D eigenvalue weighted by atomic mass is 19.1. The number of hydrogen-bond acceptors (Lipinski definition) is 4. The Morgan fingerprint density at radius 1 is 0.952 bits per heavy atom. The second-order valence-corrected chi connectivity index (χ2v) is 4.37. The fourth-order valence-corrected chi connectivity index (χ4v) is 2.16. The molecule has 1 atom stereocenters. The van der Waals surface area contributed by atoms with E-state index in [0.717, 1.165) is 0 Å². The SMILES string of the molecule is COc1ccc(C(O)c2c(F)cccc2OC)c(OC)c1. The zero-order valence-corrected chi connectivity index (χ0v) is 12.1. The van der Waals surface area contributed by atoms with Gasteiger partial charge in [-0.25, -0.2) is 4.39 Å². The van der Waals surface area contributed by atoms with E-state index in [1.54, 1.807) is 24.3 Å². The number of halogens is 1. The smallest absolute Gasteiger partial charge is 0.133 e. The highest BCUT2D eigenvalue weighted by Gasteiger charge is 2.23. The molecule has 2 aromatic carbocycles. The molecular weight excluding hydrogens is 275 g/mol. The van der Waals surface area contributed by atoms with E-state index in [2.05, 4.69) is 0 Å². The zero-order valence-electron chi connectivity index (χ0n) is 12.1. The molecule has 0 fully saturated rings. The summed E-state index contributed by atoms with van der Waals surface area (Å²) in [4.78, 5) is 0. The molecule has 0 aromatic heterocycles. The van der Waals surface area contributed by atoms with Gasteiger partial charge < -0.3 is 19.3 Å². The monoisotopic (exact) mass is 292 g/mol. The van der Waals surface area contributed by atoms with Crippen molar-refractivity contribution in [1.29, 1.82) is 0 Å². The molecule has 0 aliphatic rings. The lowest BCUT2D eigenvalue weighted by Gasteiger charge is -2.18. The van der Waals surface area contributed by atoms with Gasteiger partial charge in [-0.1, -0.05) is 6.07 Å². The van der Waals surface area contributed by atoms with Crippen LogP contribution < -0.4 is 14.2 Å². The van der Waals surface area contributed by atoms with Gasteiger partial charge in [0.05, 0.1) is 26.9 Å². The van der Waals surface area contributed by atoms with Crippen LogP contribution in [0.3, 0.4) is 0 Å². The van der Waals surface area contributed by atoms with Gasteiger partial charge in [0.25, 0.3) is 0 Å². The summed E-state index contributed by atoms with van der Waals surface area (Å²) in [5.74, 6) is 0.732. The first-order valence-corrected chi connectivity index (χ1v) is 6.34. The highest BCUT2D eigenvalue weighted by Crippen LogP contribution is 2.37. The largest absolute Gasteiger partial charge is 0.497 e. The molecule has 0 aliphatic heterocycles. The van der Waals surface area contributed by atoms with Crippen molar-refractivity contribution in [2.24, 2.45) is 0 Å². The van der Waals surface area contributed by atoms with Gasteiger partial charge in [0, 0.05) is 11.6 Å². The van der Waals surface area contributed by atoms with Gasteiger partial charge in [-0.2, -0.15) is 0 Å². The molecule has 0 heterocycles. The van der Waals surface area contributed by atoms with Crippen molar-refractivity contribution in [1.82, 2.24) is 0 Å². The number of benzene rings is 2. The van der Waals surface area contributed by atoms with E-state index < -0.39 is 11.9 Å². The van der Waals surface area contributed by atoms with Crippen LogP contribution in [0.15, 0.2) is 36.4 Å². The first kappa shape index (κ1) is 15.1. The summed E-state index contributed by atoms with van der Waals surface area (Å²) < 4.78 is 29.5. The lowest BCUT2D eigenvalue weighted by molar-refractivity contribution is 0.203. The van der Waals surface area contributed by atoms with E-state index in [9.17, 15) is 9.50 Å². The number of aliphatic hydroxyl groups is 1. The van der Waals surface area contributed by atoms with E-state index in [0.29, 0.717) is 17.1 Å². The Bertz CT molecular complexity index is 628. The Balaban J connectivity index is 2.52.